The van der Waals surface area contributed by atoms with E-state index in [9.17, 15) is 0 Å². The summed E-state index contributed by atoms with van der Waals surface area (Å²) >= 11 is 0. The first-order valence-electron chi connectivity index (χ1n) is 32.4. The van der Waals surface area contributed by atoms with Gasteiger partial charge in [0.2, 0.25) is 0 Å². The lowest BCUT2D eigenvalue weighted by Crippen LogP contribution is -3.75. The predicted octanol–water partition coefficient (Wildman–Crippen LogP) is 5.29. The topological polar surface area (TPSA) is 0 Å². The molecule has 49 rings (SSSR count). The SMILES string of the molecule is CC12[C@H]3C4C5C6C7C8C9C%10CC%11C%12C%13C%14C%15CC%16C%17C%18C%19C%20C%21C%22C3%23C3(C)C%24(C)C1(C)C1%25C42C52C64C75C86C97C%11%10C%128C%139C%14%10C%15%16C%17%11C%18%12C%19%13C%20%14C%21%15C%22%23C3%16C%241C13C2%25C42C54C65C87C96C%10%11C%127C%138C%14(C%15%161)C23C48C657. The second-order valence-corrected chi connectivity index (χ2v) is 44.0. The molecule has 0 aromatic carbocycles. The second kappa shape index (κ2) is 2.92. The van der Waals surface area contributed by atoms with Crippen molar-refractivity contribution >= 4 is 0 Å². The third kappa shape index (κ3) is 0.388. The van der Waals surface area contributed by atoms with Gasteiger partial charge in [0, 0.05) is 0 Å². The monoisotopic (exact) mass is 828 g/mol. The Morgan fingerprint density at radius 3 is 1.09 bits per heavy atom. The molecule has 0 aromatic heterocycles. The van der Waals surface area contributed by atoms with Crippen molar-refractivity contribution in [3.63, 3.8) is 0 Å². The second-order valence-electron chi connectivity index (χ2n) is 44.0. The van der Waals surface area contributed by atoms with Crippen molar-refractivity contribution in [2.45, 2.75) is 40.5 Å². The van der Waals surface area contributed by atoms with E-state index in [1.54, 1.807) is 0 Å². The lowest BCUT2D eigenvalue weighted by Gasteiger charge is -3.75. The summed E-state index contributed by atoms with van der Waals surface area (Å²) in [5.74, 6) is 27.9. The molecular weight excluding hydrogens is 793 g/mol. The van der Waals surface area contributed by atoms with E-state index in [0.717, 1.165) is 217 Å². The standard InChI is InChI=1S/C66H36/c1-27-25-23-21-20-18-16-13-9-5-7-11-15-12-8-6-10-14-17-19-22-24-26-33(25)30(4)29(3)28(27,2)49-34(23,27)39(21)43(20)44(18)41(16)37(13)31(7,9)35(11)40(15)36(12)32(8,10)38(14)42(17)45(19)46(22)47(24)48(26,33)50(30)51(29,49)63-54(39,49)59(43)61(44)57(41)52(35,37)56(40)53(36,38)58(42)62(45)60(46,55(47,50)63)65(59,63)66(61,62)64(56,57)58/h7-26H,5-6H2,1-4H3/t7?,8?,9?,10?,11?,12?,13?,14?,15?,16?,17?,18?,19?,20?,21?,22?,23?,24?,25-,26?,27?,28?,29?,30?,31?,32?,33?,34?,35?,36?,37?,38?,39?,40?,41?,42?,43?,44?,45?,46?,47?,48?,49?,50?,51?,52?,53?,54?,55?,56?,57?,58?,59?,60?,61?,62?,63?,64?,65?,66?/m1/s1. The van der Waals surface area contributed by atoms with Crippen LogP contribution in [0.1, 0.15) is 40.5 Å². The van der Waals surface area contributed by atoms with Crippen molar-refractivity contribution < 1.29 is 0 Å². The molecule has 49 aliphatic carbocycles. The quantitative estimate of drug-likeness (QED) is 0.312. The van der Waals surface area contributed by atoms with Crippen molar-refractivity contribution in [3.05, 3.63) is 0 Å². The largest absolute Gasteiger partial charge is 0.0582 e. The molecule has 0 heterocycles. The lowest BCUT2D eigenvalue weighted by atomic mass is 8.26. The smallest absolute Gasteiger partial charge is 0.0000251 e. The van der Waals surface area contributed by atoms with Crippen molar-refractivity contribution in [3.8, 4) is 0 Å². The number of fused-ring (bicyclic) bond motifs is 17. The zero-order chi connectivity index (χ0) is 37.0. The molecule has 0 aliphatic heterocycles. The summed E-state index contributed by atoms with van der Waals surface area (Å²) in [4.78, 5) is 0. The van der Waals surface area contributed by atoms with E-state index in [4.69, 9.17) is 0 Å². The molecule has 0 N–H and O–H groups in total. The van der Waals surface area contributed by atoms with Gasteiger partial charge in [-0.05, 0) is 348 Å². The van der Waals surface area contributed by atoms with Gasteiger partial charge in [0.1, 0.15) is 0 Å². The van der Waals surface area contributed by atoms with Crippen LogP contribution in [0.25, 0.3) is 0 Å². The van der Waals surface area contributed by atoms with Crippen LogP contribution in [0, 0.1) is 335 Å². The molecule has 0 saturated heterocycles. The molecule has 59 unspecified atom stereocenters. The van der Waals surface area contributed by atoms with Crippen LogP contribution in [0.3, 0.4) is 0 Å². The molecule has 60 atom stereocenters. The Morgan fingerprint density at radius 1 is 0.212 bits per heavy atom. The van der Waals surface area contributed by atoms with Gasteiger partial charge in [0.25, 0.3) is 0 Å². The highest BCUT2D eigenvalue weighted by Gasteiger charge is 3.81. The Hall–Kier alpha value is 0. The summed E-state index contributed by atoms with van der Waals surface area (Å²) in [6.07, 6.45) is 3.76. The van der Waals surface area contributed by atoms with Crippen LogP contribution in [-0.2, 0) is 0 Å². The van der Waals surface area contributed by atoms with Gasteiger partial charge in [-0.25, -0.2) is 0 Å². The summed E-state index contributed by atoms with van der Waals surface area (Å²) in [7, 11) is 0. The van der Waals surface area contributed by atoms with Crippen LogP contribution in [-0.4, -0.2) is 0 Å². The summed E-state index contributed by atoms with van der Waals surface area (Å²) in [5, 5.41) is 0. The van der Waals surface area contributed by atoms with E-state index >= 15 is 0 Å². The first kappa shape index (κ1) is 21.5. The molecule has 66 heavy (non-hydrogen) atoms. The number of hydrogen-bond donors (Lipinski definition) is 0. The highest BCUT2D eigenvalue weighted by molar-refractivity contribution is 6.25. The van der Waals surface area contributed by atoms with Gasteiger partial charge < -0.3 is 0 Å². The highest BCUT2D eigenvalue weighted by Crippen LogP contribution is 3.82. The lowest BCUT2D eigenvalue weighted by molar-refractivity contribution is -1.32. The Labute approximate surface area is 373 Å². The van der Waals surface area contributed by atoms with Crippen molar-refractivity contribution in [1.82, 2.24) is 0 Å². The van der Waals surface area contributed by atoms with Crippen molar-refractivity contribution in [1.29, 1.82) is 0 Å². The third-order valence-electron chi connectivity index (χ3n) is 60.8. The van der Waals surface area contributed by atoms with Crippen LogP contribution in [0.2, 0.25) is 0 Å². The molecule has 0 nitrogen and oxygen atoms in total. The van der Waals surface area contributed by atoms with Crippen LogP contribution >= 0.6 is 0 Å². The van der Waals surface area contributed by atoms with E-state index < -0.39 is 0 Å². The Kier molecular flexibility index (Phi) is 0.949. The fourth-order valence-electron chi connectivity index (χ4n) is 79.1. The summed E-state index contributed by atoms with van der Waals surface area (Å²) in [6.45, 7) is 13.5. The fourth-order valence-corrected chi connectivity index (χ4v) is 79.1. The normalized spacial score (nSPS) is 150. The molecule has 300 valence electrons. The molecule has 0 bridgehead atoms. The maximum absolute atomic E-state index is 3.40. The van der Waals surface area contributed by atoms with Gasteiger partial charge in [-0.2, -0.15) is 0 Å². The van der Waals surface area contributed by atoms with Crippen LogP contribution < -0.4 is 0 Å². The minimum Gasteiger partial charge on any atom is -0.0582 e. The first-order chi connectivity index (χ1) is 32.4. The van der Waals surface area contributed by atoms with Gasteiger partial charge in [0.15, 0.2) is 0 Å². The van der Waals surface area contributed by atoms with Gasteiger partial charge in [0.05, 0.1) is 0 Å². The fraction of sp³-hybridized carbons (Fsp3) is 1.00. The minimum atomic E-state index is 0.805. The van der Waals surface area contributed by atoms with E-state index in [1.165, 1.54) is 118 Å². The van der Waals surface area contributed by atoms with Crippen molar-refractivity contribution in [2.75, 3.05) is 0 Å². The van der Waals surface area contributed by atoms with E-state index in [-0.39, 0.29) is 0 Å². The van der Waals surface area contributed by atoms with Crippen molar-refractivity contribution in [2.24, 2.45) is 335 Å². The van der Waals surface area contributed by atoms with E-state index in [1.807, 2.05) is 12.8 Å². The maximum atomic E-state index is 3.40. The molecule has 49 aliphatic rings. The Morgan fingerprint density at radius 2 is 0.545 bits per heavy atom. The summed E-state index contributed by atoms with van der Waals surface area (Å²) < 4.78 is 0. The zero-order valence-electron chi connectivity index (χ0n) is 37.0. The zero-order valence-corrected chi connectivity index (χ0v) is 37.0. The average molecular weight is 829 g/mol. The summed E-state index contributed by atoms with van der Waals surface area (Å²) in [6, 6.07) is 0. The van der Waals surface area contributed by atoms with Gasteiger partial charge in [-0.15, -0.1) is 0 Å². The van der Waals surface area contributed by atoms with Crippen LogP contribution in [0.5, 0.6) is 0 Å². The number of rotatable bonds is 0. The molecular formula is C66H36. The third-order valence-corrected chi connectivity index (χ3v) is 60.8. The van der Waals surface area contributed by atoms with Gasteiger partial charge >= 0.3 is 0 Å². The van der Waals surface area contributed by atoms with Gasteiger partial charge in [-0.3, -0.25) is 0 Å². The molecule has 0 aromatic rings. The molecule has 0 amide bonds. The van der Waals surface area contributed by atoms with Crippen LogP contribution in [0.4, 0.5) is 0 Å². The summed E-state index contributed by atoms with van der Waals surface area (Å²) in [5.41, 5.74) is 42.5. The first-order valence-corrected chi connectivity index (χ1v) is 32.4. The molecule has 36 spiro atoms. The minimum absolute atomic E-state index is 0.805. The van der Waals surface area contributed by atoms with E-state index in [2.05, 4.69) is 27.7 Å². The molecule has 49 fully saturated rings. The molecule has 0 heteroatoms. The Balaban J connectivity index is 0.790. The Bertz CT molecular complexity index is 4980. The maximum Gasteiger partial charge on any atom is -0.0000251 e. The van der Waals surface area contributed by atoms with Crippen LogP contribution in [0.15, 0.2) is 0 Å². The van der Waals surface area contributed by atoms with E-state index in [0.29, 0.717) is 0 Å². The van der Waals surface area contributed by atoms with Gasteiger partial charge in [-0.1, -0.05) is 27.7 Å². The molecule has 49 saturated carbocycles. The predicted molar refractivity (Wildman–Crippen MR) is 199 cm³/mol. The average Bonchev–Trinajstić information content (AvgIpc) is 0.828. The highest BCUT2D eigenvalue weighted by atomic mass is 15.8. The number of hydrogen-bond acceptors (Lipinski definition) is 0. The molecule has 0 radical (unpaired) electrons.